The number of hydrogen-bond donors (Lipinski definition) is 0. The van der Waals surface area contributed by atoms with E-state index in [1.807, 2.05) is 24.3 Å². The molecular formula is C20H24ClN3. The monoisotopic (exact) mass is 341 g/mol. The van der Waals surface area contributed by atoms with Crippen molar-refractivity contribution in [2.24, 2.45) is 18.4 Å². The number of rotatable bonds is 3. The van der Waals surface area contributed by atoms with E-state index in [4.69, 9.17) is 11.6 Å². The molecule has 2 aromatic rings. The van der Waals surface area contributed by atoms with E-state index < -0.39 is 0 Å². The second-order valence-electron chi connectivity index (χ2n) is 8.30. The van der Waals surface area contributed by atoms with Crippen LogP contribution in [0.25, 0.3) is 11.4 Å². The van der Waals surface area contributed by atoms with Gasteiger partial charge in [0.05, 0.1) is 5.02 Å². The molecule has 0 aliphatic heterocycles. The summed E-state index contributed by atoms with van der Waals surface area (Å²) >= 11 is 6.38. The minimum absolute atomic E-state index is 0.248. The van der Waals surface area contributed by atoms with E-state index in [1.165, 1.54) is 57.2 Å². The summed E-state index contributed by atoms with van der Waals surface area (Å²) in [5.74, 6) is 3.12. The molecule has 0 atom stereocenters. The van der Waals surface area contributed by atoms with Crippen LogP contribution >= 0.6 is 11.6 Å². The standard InChI is InChI=1S/C20H24ClN3/c1-24-17(15-4-2-3-5-16(15)21)22-23-18(24)20-11-8-19(9-12-20,10-13-20)14-6-7-14/h2-5,14H,6-13H2,1H3. The van der Waals surface area contributed by atoms with Crippen LogP contribution in [0.2, 0.25) is 5.02 Å². The lowest BCUT2D eigenvalue weighted by atomic mass is 9.52. The van der Waals surface area contributed by atoms with Crippen LogP contribution in [0.3, 0.4) is 0 Å². The van der Waals surface area contributed by atoms with Crippen LogP contribution in [0, 0.1) is 11.3 Å². The molecule has 0 unspecified atom stereocenters. The first-order valence-electron chi connectivity index (χ1n) is 9.28. The second kappa shape index (κ2) is 5.08. The average Bonchev–Trinajstić information content (AvgIpc) is 3.41. The minimum atomic E-state index is 0.248. The number of nitrogens with zero attached hydrogens (tertiary/aromatic N) is 3. The molecule has 4 aliphatic rings. The van der Waals surface area contributed by atoms with Gasteiger partial charge in [-0.25, -0.2) is 0 Å². The van der Waals surface area contributed by atoms with Crippen LogP contribution in [0.1, 0.15) is 57.2 Å². The molecule has 0 radical (unpaired) electrons. The third-order valence-corrected chi connectivity index (χ3v) is 7.54. The topological polar surface area (TPSA) is 30.7 Å². The first kappa shape index (κ1) is 14.9. The number of halogens is 1. The molecule has 6 rings (SSSR count). The van der Waals surface area contributed by atoms with Gasteiger partial charge in [0.2, 0.25) is 0 Å². The van der Waals surface area contributed by atoms with Gasteiger partial charge < -0.3 is 4.57 Å². The summed E-state index contributed by atoms with van der Waals surface area (Å²) in [6.45, 7) is 0. The van der Waals surface area contributed by atoms with Gasteiger partial charge in [0, 0.05) is 18.0 Å². The number of benzene rings is 1. The van der Waals surface area contributed by atoms with Crippen molar-refractivity contribution >= 4 is 11.6 Å². The molecule has 4 saturated carbocycles. The van der Waals surface area contributed by atoms with Gasteiger partial charge >= 0.3 is 0 Å². The Bertz CT molecular complexity index is 765. The average molecular weight is 342 g/mol. The van der Waals surface area contributed by atoms with E-state index in [2.05, 4.69) is 21.8 Å². The number of aromatic nitrogens is 3. The molecule has 4 heteroatoms. The molecule has 0 saturated heterocycles. The van der Waals surface area contributed by atoms with E-state index >= 15 is 0 Å². The first-order valence-corrected chi connectivity index (χ1v) is 9.66. The maximum absolute atomic E-state index is 6.38. The van der Waals surface area contributed by atoms with Crippen molar-refractivity contribution in [3.05, 3.63) is 35.1 Å². The number of fused-ring (bicyclic) bond motifs is 3. The van der Waals surface area contributed by atoms with Crippen LogP contribution in [0.4, 0.5) is 0 Å². The Morgan fingerprint density at radius 3 is 2.29 bits per heavy atom. The number of hydrogen-bond acceptors (Lipinski definition) is 2. The Kier molecular flexibility index (Phi) is 3.16. The Morgan fingerprint density at radius 1 is 1.00 bits per heavy atom. The zero-order valence-electron chi connectivity index (χ0n) is 14.3. The van der Waals surface area contributed by atoms with Gasteiger partial charge in [-0.1, -0.05) is 23.7 Å². The van der Waals surface area contributed by atoms with Crippen molar-refractivity contribution < 1.29 is 0 Å². The maximum Gasteiger partial charge on any atom is 0.165 e. The van der Waals surface area contributed by atoms with Crippen molar-refractivity contribution in [3.63, 3.8) is 0 Å². The maximum atomic E-state index is 6.38. The molecule has 0 amide bonds. The van der Waals surface area contributed by atoms with Gasteiger partial charge in [0.25, 0.3) is 0 Å². The molecule has 1 aromatic carbocycles. The molecule has 0 spiro atoms. The first-order chi connectivity index (χ1) is 11.6. The van der Waals surface area contributed by atoms with E-state index in [9.17, 15) is 0 Å². The second-order valence-corrected chi connectivity index (χ2v) is 8.71. The van der Waals surface area contributed by atoms with Crippen molar-refractivity contribution in [1.29, 1.82) is 0 Å². The zero-order chi connectivity index (χ0) is 16.4. The van der Waals surface area contributed by atoms with Crippen molar-refractivity contribution in [2.45, 2.75) is 56.8 Å². The highest BCUT2D eigenvalue weighted by Gasteiger charge is 2.56. The molecule has 4 fully saturated rings. The predicted molar refractivity (Wildman–Crippen MR) is 96.0 cm³/mol. The summed E-state index contributed by atoms with van der Waals surface area (Å²) < 4.78 is 2.21. The lowest BCUT2D eigenvalue weighted by Crippen LogP contribution is -2.46. The van der Waals surface area contributed by atoms with Gasteiger partial charge in [-0.15, -0.1) is 10.2 Å². The Hall–Kier alpha value is -1.35. The third-order valence-electron chi connectivity index (χ3n) is 7.21. The molecule has 3 nitrogen and oxygen atoms in total. The van der Waals surface area contributed by atoms with Crippen LogP contribution in [0.5, 0.6) is 0 Å². The van der Waals surface area contributed by atoms with Crippen LogP contribution in [0.15, 0.2) is 24.3 Å². The zero-order valence-corrected chi connectivity index (χ0v) is 15.0. The van der Waals surface area contributed by atoms with Gasteiger partial charge in [-0.3, -0.25) is 0 Å². The van der Waals surface area contributed by atoms with Gasteiger partial charge in [-0.2, -0.15) is 0 Å². The Labute approximate surface area is 148 Å². The van der Waals surface area contributed by atoms with Gasteiger partial charge in [0.1, 0.15) is 5.82 Å². The van der Waals surface area contributed by atoms with E-state index in [0.717, 1.165) is 22.3 Å². The lowest BCUT2D eigenvalue weighted by Gasteiger charge is -2.53. The molecule has 1 aromatic heterocycles. The Balaban J connectivity index is 1.50. The summed E-state index contributed by atoms with van der Waals surface area (Å²) in [5.41, 5.74) is 1.92. The highest BCUT2D eigenvalue weighted by molar-refractivity contribution is 6.33. The van der Waals surface area contributed by atoms with Gasteiger partial charge in [-0.05, 0) is 74.8 Å². The third kappa shape index (κ3) is 2.03. The van der Waals surface area contributed by atoms with Crippen molar-refractivity contribution in [2.75, 3.05) is 0 Å². The van der Waals surface area contributed by atoms with Crippen molar-refractivity contribution in [3.8, 4) is 11.4 Å². The molecular weight excluding hydrogens is 318 g/mol. The molecule has 1 heterocycles. The quantitative estimate of drug-likeness (QED) is 0.774. The fraction of sp³-hybridized carbons (Fsp3) is 0.600. The molecule has 24 heavy (non-hydrogen) atoms. The summed E-state index contributed by atoms with van der Waals surface area (Å²) in [5, 5.41) is 9.93. The largest absolute Gasteiger partial charge is 0.314 e. The van der Waals surface area contributed by atoms with Crippen LogP contribution in [-0.4, -0.2) is 14.8 Å². The summed E-state index contributed by atoms with van der Waals surface area (Å²) in [4.78, 5) is 0. The van der Waals surface area contributed by atoms with Crippen molar-refractivity contribution in [1.82, 2.24) is 14.8 Å². The fourth-order valence-electron chi connectivity index (χ4n) is 5.53. The van der Waals surface area contributed by atoms with Crippen LogP contribution in [-0.2, 0) is 12.5 Å². The fourth-order valence-corrected chi connectivity index (χ4v) is 5.75. The highest BCUT2D eigenvalue weighted by Crippen LogP contribution is 2.65. The Morgan fingerprint density at radius 2 is 1.67 bits per heavy atom. The summed E-state index contributed by atoms with van der Waals surface area (Å²) in [6.07, 6.45) is 11.0. The van der Waals surface area contributed by atoms with Crippen LogP contribution < -0.4 is 0 Å². The summed E-state index contributed by atoms with van der Waals surface area (Å²) in [7, 11) is 2.11. The lowest BCUT2D eigenvalue weighted by molar-refractivity contribution is 0.0158. The SMILES string of the molecule is Cn1c(-c2ccccc2Cl)nnc1C12CCC(C3CC3)(CC1)CC2. The molecule has 2 bridgehead atoms. The summed E-state index contributed by atoms with van der Waals surface area (Å²) in [6, 6.07) is 7.93. The van der Waals surface area contributed by atoms with E-state index in [-0.39, 0.29) is 5.41 Å². The highest BCUT2D eigenvalue weighted by atomic mass is 35.5. The van der Waals surface area contributed by atoms with E-state index in [0.29, 0.717) is 5.41 Å². The normalized spacial score (nSPS) is 32.2. The van der Waals surface area contributed by atoms with Gasteiger partial charge in [0.15, 0.2) is 5.82 Å². The molecule has 126 valence electrons. The molecule has 0 N–H and O–H groups in total. The van der Waals surface area contributed by atoms with E-state index in [1.54, 1.807) is 0 Å². The molecule has 4 aliphatic carbocycles. The minimum Gasteiger partial charge on any atom is -0.314 e. The predicted octanol–water partition coefficient (Wildman–Crippen LogP) is 5.14. The smallest absolute Gasteiger partial charge is 0.165 e.